The van der Waals surface area contributed by atoms with Crippen LogP contribution in [0.15, 0.2) is 36.4 Å². The maximum atomic E-state index is 14.8. The maximum Gasteiger partial charge on any atom is 0.408 e. The van der Waals surface area contributed by atoms with Crippen LogP contribution < -0.4 is 5.32 Å². The highest BCUT2D eigenvalue weighted by molar-refractivity contribution is 5.97. The van der Waals surface area contributed by atoms with Gasteiger partial charge in [-0.05, 0) is 61.6 Å². The summed E-state index contributed by atoms with van der Waals surface area (Å²) in [4.78, 5) is 25.8. The van der Waals surface area contributed by atoms with Gasteiger partial charge >= 0.3 is 6.09 Å². The van der Waals surface area contributed by atoms with E-state index in [4.69, 9.17) is 4.74 Å². The number of nitrogens with one attached hydrogen (secondary N) is 1. The fourth-order valence-electron chi connectivity index (χ4n) is 3.48. The standard InChI is InChI=1S/C24H26FN3O3/c1-24(2,3)31-23(30)27-19(14-26)12-18-6-5-16(13-21(18)25)15-7-8-20-17(11-15)9-10-28(4)22(20)29/h5-8,11,13,19H,9-10,12H2,1-4H3,(H,27,30)/t19-/m0/s1. The molecule has 2 aromatic rings. The lowest BCUT2D eigenvalue weighted by molar-refractivity contribution is 0.0515. The van der Waals surface area contributed by atoms with E-state index in [0.29, 0.717) is 23.2 Å². The molecule has 2 amide bonds. The van der Waals surface area contributed by atoms with Crippen LogP contribution >= 0.6 is 0 Å². The summed E-state index contributed by atoms with van der Waals surface area (Å²) in [7, 11) is 1.78. The van der Waals surface area contributed by atoms with Crippen molar-refractivity contribution < 1.29 is 18.7 Å². The number of fused-ring (bicyclic) bond motifs is 1. The average molecular weight is 423 g/mol. The molecule has 0 fully saturated rings. The summed E-state index contributed by atoms with van der Waals surface area (Å²) in [6.45, 7) is 5.83. The van der Waals surface area contributed by atoms with Crippen molar-refractivity contribution in [1.29, 1.82) is 5.26 Å². The second-order valence-corrected chi connectivity index (χ2v) is 8.69. The van der Waals surface area contributed by atoms with E-state index in [9.17, 15) is 19.2 Å². The van der Waals surface area contributed by atoms with Gasteiger partial charge in [0.05, 0.1) is 6.07 Å². The van der Waals surface area contributed by atoms with E-state index in [1.807, 2.05) is 18.2 Å². The Bertz CT molecular complexity index is 1050. The minimum atomic E-state index is -0.915. The van der Waals surface area contributed by atoms with Crippen LogP contribution in [0.3, 0.4) is 0 Å². The largest absolute Gasteiger partial charge is 0.444 e. The van der Waals surface area contributed by atoms with Gasteiger partial charge < -0.3 is 15.0 Å². The van der Waals surface area contributed by atoms with Gasteiger partial charge in [-0.3, -0.25) is 4.79 Å². The third-order valence-corrected chi connectivity index (χ3v) is 5.06. The SMILES string of the molecule is CN1CCc2cc(-c3ccc(C[C@@H](C#N)NC(=O)OC(C)(C)C)c(F)c3)ccc2C1=O. The molecule has 31 heavy (non-hydrogen) atoms. The van der Waals surface area contributed by atoms with Crippen LogP contribution in [0.2, 0.25) is 0 Å². The Hall–Kier alpha value is -3.40. The highest BCUT2D eigenvalue weighted by atomic mass is 19.1. The Morgan fingerprint density at radius 1 is 1.26 bits per heavy atom. The summed E-state index contributed by atoms with van der Waals surface area (Å²) in [5, 5.41) is 11.8. The van der Waals surface area contributed by atoms with Crippen LogP contribution in [-0.2, 0) is 17.6 Å². The summed E-state index contributed by atoms with van der Waals surface area (Å²) in [6, 6.07) is 11.4. The first kappa shape index (κ1) is 22.3. The Morgan fingerprint density at radius 2 is 1.94 bits per heavy atom. The molecule has 0 unspecified atom stereocenters. The normalized spacial score (nSPS) is 14.5. The molecule has 1 aliphatic heterocycles. The lowest BCUT2D eigenvalue weighted by Crippen LogP contribution is -2.39. The van der Waals surface area contributed by atoms with Gasteiger partial charge in [0, 0.05) is 25.6 Å². The first-order valence-corrected chi connectivity index (χ1v) is 10.1. The van der Waals surface area contributed by atoms with Crippen molar-refractivity contribution in [3.63, 3.8) is 0 Å². The second kappa shape index (κ2) is 8.76. The zero-order valence-corrected chi connectivity index (χ0v) is 18.2. The summed E-state index contributed by atoms with van der Waals surface area (Å²) in [5.74, 6) is -0.466. The molecule has 1 atom stereocenters. The topological polar surface area (TPSA) is 82.4 Å². The van der Waals surface area contributed by atoms with Crippen LogP contribution in [0.25, 0.3) is 11.1 Å². The van der Waals surface area contributed by atoms with Crippen LogP contribution in [0.1, 0.15) is 42.3 Å². The number of alkyl carbamates (subject to hydrolysis) is 1. The van der Waals surface area contributed by atoms with Gasteiger partial charge in [-0.2, -0.15) is 5.26 Å². The molecule has 6 nitrogen and oxygen atoms in total. The second-order valence-electron chi connectivity index (χ2n) is 8.69. The number of amides is 2. The van der Waals surface area contributed by atoms with Crippen LogP contribution in [-0.4, -0.2) is 42.1 Å². The lowest BCUT2D eigenvalue weighted by atomic mass is 9.93. The molecule has 0 spiro atoms. The molecule has 1 aliphatic rings. The van der Waals surface area contributed by atoms with Gasteiger partial charge in [0.2, 0.25) is 0 Å². The lowest BCUT2D eigenvalue weighted by Gasteiger charge is -2.25. The summed E-state index contributed by atoms with van der Waals surface area (Å²) < 4.78 is 19.9. The molecule has 0 aromatic heterocycles. The molecule has 1 heterocycles. The summed E-state index contributed by atoms with van der Waals surface area (Å²) in [6.07, 6.45) is 0.0595. The molecular formula is C24H26FN3O3. The third kappa shape index (κ3) is 5.40. The highest BCUT2D eigenvalue weighted by Gasteiger charge is 2.23. The van der Waals surface area contributed by atoms with E-state index in [1.165, 1.54) is 6.07 Å². The highest BCUT2D eigenvalue weighted by Crippen LogP contribution is 2.27. The first-order chi connectivity index (χ1) is 14.6. The monoisotopic (exact) mass is 423 g/mol. The van der Waals surface area contributed by atoms with Gasteiger partial charge in [0.25, 0.3) is 5.91 Å². The quantitative estimate of drug-likeness (QED) is 0.803. The van der Waals surface area contributed by atoms with Crippen LogP contribution in [0, 0.1) is 17.1 Å². The predicted molar refractivity (Wildman–Crippen MR) is 115 cm³/mol. The number of hydrogen-bond donors (Lipinski definition) is 1. The number of rotatable bonds is 4. The molecule has 0 bridgehead atoms. The van der Waals surface area contributed by atoms with E-state index in [2.05, 4.69) is 5.32 Å². The van der Waals surface area contributed by atoms with E-state index < -0.39 is 23.6 Å². The van der Waals surface area contributed by atoms with Crippen molar-refractivity contribution in [2.45, 2.75) is 45.3 Å². The molecule has 3 rings (SSSR count). The molecule has 2 aromatic carbocycles. The third-order valence-electron chi connectivity index (χ3n) is 5.06. The molecule has 162 valence electrons. The van der Waals surface area contributed by atoms with Gasteiger partial charge in [-0.15, -0.1) is 0 Å². The van der Waals surface area contributed by atoms with Crippen molar-refractivity contribution in [1.82, 2.24) is 10.2 Å². The van der Waals surface area contributed by atoms with Crippen molar-refractivity contribution in [3.05, 3.63) is 58.9 Å². The molecule has 0 aliphatic carbocycles. The first-order valence-electron chi connectivity index (χ1n) is 10.1. The molecule has 7 heteroatoms. The predicted octanol–water partition coefficient (Wildman–Crippen LogP) is 4.08. The molecule has 1 N–H and O–H groups in total. The number of halogens is 1. The number of likely N-dealkylation sites (N-methyl/N-ethyl adjacent to an activating group) is 1. The number of hydrogen-bond acceptors (Lipinski definition) is 4. The summed E-state index contributed by atoms with van der Waals surface area (Å²) in [5.41, 5.74) is 2.78. The van der Waals surface area contributed by atoms with Gasteiger partial charge in [-0.1, -0.05) is 24.3 Å². The zero-order valence-electron chi connectivity index (χ0n) is 18.2. The Labute approximate surface area is 181 Å². The van der Waals surface area contributed by atoms with Crippen molar-refractivity contribution in [3.8, 4) is 17.2 Å². The number of benzene rings is 2. The maximum absolute atomic E-state index is 14.8. The minimum absolute atomic E-state index is 0.00522. The number of ether oxygens (including phenoxy) is 1. The average Bonchev–Trinajstić information content (AvgIpc) is 2.70. The Balaban J connectivity index is 1.75. The zero-order chi connectivity index (χ0) is 22.8. The fraction of sp³-hybridized carbons (Fsp3) is 0.375. The number of nitrogens with zero attached hydrogens (tertiary/aromatic N) is 2. The van der Waals surface area contributed by atoms with Crippen LogP contribution in [0.5, 0.6) is 0 Å². The molecule has 0 saturated heterocycles. The van der Waals surface area contributed by atoms with Crippen molar-refractivity contribution in [2.75, 3.05) is 13.6 Å². The fourth-order valence-corrected chi connectivity index (χ4v) is 3.48. The number of carbonyl (C=O) groups is 2. The Kier molecular flexibility index (Phi) is 6.30. The van der Waals surface area contributed by atoms with E-state index in [0.717, 1.165) is 17.5 Å². The van der Waals surface area contributed by atoms with Crippen molar-refractivity contribution >= 4 is 12.0 Å². The Morgan fingerprint density at radius 3 is 2.58 bits per heavy atom. The van der Waals surface area contributed by atoms with E-state index in [-0.39, 0.29) is 12.3 Å². The number of carbonyl (C=O) groups excluding carboxylic acids is 2. The van der Waals surface area contributed by atoms with E-state index in [1.54, 1.807) is 50.9 Å². The van der Waals surface area contributed by atoms with E-state index >= 15 is 0 Å². The van der Waals surface area contributed by atoms with Gasteiger partial charge in [0.1, 0.15) is 17.5 Å². The minimum Gasteiger partial charge on any atom is -0.444 e. The molecular weight excluding hydrogens is 397 g/mol. The summed E-state index contributed by atoms with van der Waals surface area (Å²) >= 11 is 0. The number of nitriles is 1. The molecule has 0 saturated carbocycles. The van der Waals surface area contributed by atoms with Gasteiger partial charge in [-0.25, -0.2) is 9.18 Å². The van der Waals surface area contributed by atoms with Gasteiger partial charge in [0.15, 0.2) is 0 Å². The van der Waals surface area contributed by atoms with Crippen LogP contribution in [0.4, 0.5) is 9.18 Å². The smallest absolute Gasteiger partial charge is 0.408 e. The van der Waals surface area contributed by atoms with Crippen molar-refractivity contribution in [2.24, 2.45) is 0 Å². The molecule has 0 radical (unpaired) electrons.